The third-order valence-corrected chi connectivity index (χ3v) is 0.167. The number of rotatable bonds is 0. The Labute approximate surface area is 118 Å². The van der Waals surface area contributed by atoms with Gasteiger partial charge in [-0.15, -0.1) is 0 Å². The normalized spacial score (nSPS) is 7.92. The number of carbonyl (C=O) groups is 2. The van der Waals surface area contributed by atoms with Gasteiger partial charge in [-0.2, -0.15) is 0 Å². The van der Waals surface area contributed by atoms with Crippen molar-refractivity contribution in [1.82, 2.24) is 0 Å². The van der Waals surface area contributed by atoms with E-state index in [2.05, 4.69) is 0 Å². The molecule has 0 radical (unpaired) electrons. The Morgan fingerprint density at radius 3 is 1.15 bits per heavy atom. The van der Waals surface area contributed by atoms with Crippen molar-refractivity contribution in [2.75, 3.05) is 0 Å². The van der Waals surface area contributed by atoms with Gasteiger partial charge in [-0.05, 0) is 0 Å². The standard InChI is InChI=1S/C2H2O4.Ca.Mg.H3O4P/c3-1(4)2(5)6;;;1-5(2,3)4/h(H,3,4)(H,5,6);;;(H3,1,2,3,4)/q;2*+2;/p-4. The van der Waals surface area contributed by atoms with E-state index in [1.807, 2.05) is 0 Å². The van der Waals surface area contributed by atoms with Gasteiger partial charge in [0.25, 0.3) is 0 Å². The summed E-state index contributed by atoms with van der Waals surface area (Å²) in [5, 5.41) is 17.9. The summed E-state index contributed by atoms with van der Waals surface area (Å²) in [5.41, 5.74) is 0. The van der Waals surface area contributed by atoms with E-state index in [1.54, 1.807) is 0 Å². The zero-order valence-electron chi connectivity index (χ0n) is 6.17. The van der Waals surface area contributed by atoms with E-state index in [-0.39, 0.29) is 60.8 Å². The smallest absolute Gasteiger partial charge is 0.790 e. The van der Waals surface area contributed by atoms with Crippen LogP contribution in [0, 0.1) is 0 Å². The minimum absolute atomic E-state index is 0. The van der Waals surface area contributed by atoms with E-state index in [4.69, 9.17) is 39.0 Å². The molecule has 0 saturated carbocycles. The van der Waals surface area contributed by atoms with E-state index in [0.29, 0.717) is 0 Å². The fraction of sp³-hybridized carbons (Fsp3) is 0. The predicted molar refractivity (Wildman–Crippen MR) is 31.3 cm³/mol. The predicted octanol–water partition coefficient (Wildman–Crippen LogP) is -6.47. The van der Waals surface area contributed by atoms with Crippen LogP contribution in [0.3, 0.4) is 0 Å². The molecule has 0 bridgehead atoms. The van der Waals surface area contributed by atoms with Gasteiger partial charge in [0.2, 0.25) is 0 Å². The van der Waals surface area contributed by atoms with Crippen molar-refractivity contribution in [1.29, 1.82) is 0 Å². The molecule has 13 heavy (non-hydrogen) atoms. The topological polar surface area (TPSA) is 164 Å². The van der Waals surface area contributed by atoms with Crippen LogP contribution in [0.25, 0.3) is 0 Å². The summed E-state index contributed by atoms with van der Waals surface area (Å²) in [6.45, 7) is 0. The van der Waals surface area contributed by atoms with Crippen LogP contribution in [-0.2, 0) is 14.2 Å². The van der Waals surface area contributed by atoms with Crippen LogP contribution in [0.4, 0.5) is 0 Å². The van der Waals surface area contributed by atoms with Crippen LogP contribution in [0.15, 0.2) is 0 Å². The van der Waals surface area contributed by atoms with E-state index >= 15 is 0 Å². The maximum absolute atomic E-state index is 8.93. The molecule has 0 aromatic heterocycles. The largest absolute Gasteiger partial charge is 2.00 e. The molecule has 0 unspecified atom stereocenters. The molecule has 0 spiro atoms. The molecule has 0 aliphatic carbocycles. The first-order chi connectivity index (χ1) is 4.64. The van der Waals surface area contributed by atoms with Gasteiger partial charge in [-0.25, -0.2) is 0 Å². The van der Waals surface area contributed by atoms with Crippen molar-refractivity contribution in [2.45, 2.75) is 0 Å². The molecule has 8 nitrogen and oxygen atoms in total. The van der Waals surface area contributed by atoms with Gasteiger partial charge >= 0.3 is 60.8 Å². The number of hydrogen-bond donors (Lipinski definition) is 1. The SMILES string of the molecule is O=C([O-])C(=O)[O-].O=P([O-])([O-])O.[Ca+2].[Mg+2]. The fourth-order valence-corrected chi connectivity index (χ4v) is 0. The average Bonchev–Trinajstić information content (AvgIpc) is 1.59. The van der Waals surface area contributed by atoms with Crippen LogP contribution in [0.1, 0.15) is 0 Å². The Morgan fingerprint density at radius 2 is 1.15 bits per heavy atom. The van der Waals surface area contributed by atoms with Gasteiger partial charge in [-0.1, -0.05) is 0 Å². The Kier molecular flexibility index (Phi) is 20.3. The molecule has 0 rings (SSSR count). The average molecular weight is 248 g/mol. The number of carboxylic acid groups (broad SMARTS) is 2. The second kappa shape index (κ2) is 11.2. The summed E-state index contributed by atoms with van der Waals surface area (Å²) in [7, 11) is -5.14. The molecule has 0 aromatic rings. The Hall–Kier alpha value is 1.08. The summed E-state index contributed by atoms with van der Waals surface area (Å²) >= 11 is 0. The van der Waals surface area contributed by atoms with Crippen molar-refractivity contribution in [2.24, 2.45) is 0 Å². The molecule has 11 heteroatoms. The molecule has 0 heterocycles. The monoisotopic (exact) mass is 248 g/mol. The summed E-state index contributed by atoms with van der Waals surface area (Å²) in [6.07, 6.45) is 0. The van der Waals surface area contributed by atoms with Crippen molar-refractivity contribution in [3.63, 3.8) is 0 Å². The minimum atomic E-state index is -5.14. The van der Waals surface area contributed by atoms with Crippen molar-refractivity contribution >= 4 is 80.6 Å². The zero-order valence-corrected chi connectivity index (χ0v) is 10.7. The number of carbonyl (C=O) groups excluding carboxylic acids is 2. The Morgan fingerprint density at radius 1 is 1.08 bits per heavy atom. The molecule has 0 amide bonds. The van der Waals surface area contributed by atoms with Crippen molar-refractivity contribution in [3.05, 3.63) is 0 Å². The number of hydrogen-bond acceptors (Lipinski definition) is 7. The van der Waals surface area contributed by atoms with E-state index in [9.17, 15) is 0 Å². The van der Waals surface area contributed by atoms with Crippen LogP contribution in [0.2, 0.25) is 0 Å². The van der Waals surface area contributed by atoms with Gasteiger partial charge in [-0.3, -0.25) is 0 Å². The molecule has 0 saturated heterocycles. The second-order valence-electron chi connectivity index (χ2n) is 1.04. The fourth-order valence-electron chi connectivity index (χ4n) is 0. The molecule has 0 aromatic carbocycles. The van der Waals surface area contributed by atoms with Crippen LogP contribution in [0.5, 0.6) is 0 Å². The van der Waals surface area contributed by atoms with Crippen molar-refractivity contribution < 1.29 is 39.0 Å². The number of aliphatic carboxylic acids is 2. The van der Waals surface area contributed by atoms with Crippen molar-refractivity contribution in [3.8, 4) is 0 Å². The molecule has 0 aliphatic rings. The van der Waals surface area contributed by atoms with Gasteiger partial charge in [0.15, 0.2) is 0 Å². The first-order valence-corrected chi connectivity index (χ1v) is 3.31. The summed E-state index contributed by atoms with van der Waals surface area (Å²) < 4.78 is 8.66. The molecule has 66 valence electrons. The maximum Gasteiger partial charge on any atom is 2.00 e. The number of carboxylic acids is 2. The van der Waals surface area contributed by atoms with E-state index in [1.165, 1.54) is 0 Å². The van der Waals surface area contributed by atoms with Gasteiger partial charge < -0.3 is 39.0 Å². The number of phosphoric acid groups is 1. The van der Waals surface area contributed by atoms with E-state index < -0.39 is 19.8 Å². The molecule has 0 atom stereocenters. The first-order valence-electron chi connectivity index (χ1n) is 1.81. The third kappa shape index (κ3) is 62.3. The molecule has 1 N–H and O–H groups in total. The van der Waals surface area contributed by atoms with Crippen LogP contribution < -0.4 is 20.0 Å². The Balaban J connectivity index is -0.0000000546. The molecular formula is C2HCaMgO8P. The Bertz CT molecular complexity index is 178. The van der Waals surface area contributed by atoms with Gasteiger partial charge in [0, 0.05) is 0 Å². The van der Waals surface area contributed by atoms with Crippen LogP contribution in [-0.4, -0.2) is 77.6 Å². The maximum atomic E-state index is 8.93. The molecular weight excluding hydrogens is 247 g/mol. The zero-order chi connectivity index (χ0) is 9.65. The molecule has 0 fully saturated rings. The van der Waals surface area contributed by atoms with Gasteiger partial charge in [0.1, 0.15) is 0 Å². The van der Waals surface area contributed by atoms with Gasteiger partial charge in [0.05, 0.1) is 19.8 Å². The summed E-state index contributed by atoms with van der Waals surface area (Å²) in [6, 6.07) is 0. The summed E-state index contributed by atoms with van der Waals surface area (Å²) in [4.78, 5) is 42.1. The summed E-state index contributed by atoms with van der Waals surface area (Å²) in [5.74, 6) is -4.37. The molecule has 0 aliphatic heterocycles. The third-order valence-electron chi connectivity index (χ3n) is 0.167. The van der Waals surface area contributed by atoms with E-state index in [0.717, 1.165) is 0 Å². The second-order valence-corrected chi connectivity index (χ2v) is 1.98. The quantitative estimate of drug-likeness (QED) is 0.251. The van der Waals surface area contributed by atoms with Crippen LogP contribution >= 0.6 is 7.82 Å². The minimum Gasteiger partial charge on any atom is -0.790 e. The first kappa shape index (κ1) is 23.7.